The summed E-state index contributed by atoms with van der Waals surface area (Å²) in [6.07, 6.45) is 4.54. The summed E-state index contributed by atoms with van der Waals surface area (Å²) in [5, 5.41) is 9.79. The van der Waals surface area contributed by atoms with E-state index >= 15 is 0 Å². The fourth-order valence-corrected chi connectivity index (χ4v) is 2.87. The number of likely N-dealkylation sites (tertiary alicyclic amines) is 1. The number of aryl methyl sites for hydroxylation is 1. The van der Waals surface area contributed by atoms with Crippen LogP contribution in [0.25, 0.3) is 0 Å². The highest BCUT2D eigenvalue weighted by Gasteiger charge is 2.18. The van der Waals surface area contributed by atoms with Crippen molar-refractivity contribution in [1.82, 2.24) is 20.2 Å². The van der Waals surface area contributed by atoms with Crippen molar-refractivity contribution in [3.05, 3.63) is 27.9 Å². The number of rotatable bonds is 7. The van der Waals surface area contributed by atoms with Crippen molar-refractivity contribution in [2.24, 2.45) is 0 Å². The van der Waals surface area contributed by atoms with Gasteiger partial charge in [-0.05, 0) is 46.2 Å². The summed E-state index contributed by atoms with van der Waals surface area (Å²) in [4.78, 5) is 40.9. The Morgan fingerprint density at radius 3 is 2.72 bits per heavy atom. The number of carbonyl (C=O) groups is 2. The SMILES string of the molecule is Cc1cc(=O)[nH]c(CCNC(=O)CCC(C)N2CCCC2)n1.O=CO. The van der Waals surface area contributed by atoms with E-state index in [0.717, 1.165) is 19.5 Å². The molecule has 1 aromatic rings. The molecule has 2 rings (SSSR count). The van der Waals surface area contributed by atoms with Gasteiger partial charge in [-0.3, -0.25) is 14.4 Å². The normalized spacial score (nSPS) is 15.1. The molecule has 1 fully saturated rings. The third-order valence-corrected chi connectivity index (χ3v) is 4.16. The molecule has 1 aliphatic rings. The number of hydrogen-bond donors (Lipinski definition) is 3. The Labute approximate surface area is 147 Å². The molecule has 0 aliphatic carbocycles. The van der Waals surface area contributed by atoms with Gasteiger partial charge in [-0.1, -0.05) is 0 Å². The van der Waals surface area contributed by atoms with Gasteiger partial charge in [0.15, 0.2) is 0 Å². The summed E-state index contributed by atoms with van der Waals surface area (Å²) in [5.41, 5.74) is 0.553. The van der Waals surface area contributed by atoms with Crippen LogP contribution in [-0.4, -0.2) is 58.0 Å². The highest BCUT2D eigenvalue weighted by molar-refractivity contribution is 5.75. The first-order valence-corrected chi connectivity index (χ1v) is 8.61. The van der Waals surface area contributed by atoms with Crippen molar-refractivity contribution in [1.29, 1.82) is 0 Å². The second-order valence-electron chi connectivity index (χ2n) is 6.17. The summed E-state index contributed by atoms with van der Waals surface area (Å²) in [6.45, 7) is 6.56. The van der Waals surface area contributed by atoms with Crippen LogP contribution in [0.2, 0.25) is 0 Å². The van der Waals surface area contributed by atoms with E-state index in [1.54, 1.807) is 6.92 Å². The molecular formula is C17H28N4O4. The molecule has 8 heteroatoms. The molecule has 140 valence electrons. The largest absolute Gasteiger partial charge is 0.483 e. The highest BCUT2D eigenvalue weighted by atomic mass is 16.3. The first kappa shape index (κ1) is 20.8. The van der Waals surface area contributed by atoms with Crippen LogP contribution in [-0.2, 0) is 16.0 Å². The van der Waals surface area contributed by atoms with Gasteiger partial charge in [0.25, 0.3) is 12.0 Å². The molecule has 8 nitrogen and oxygen atoms in total. The molecule has 1 atom stereocenters. The lowest BCUT2D eigenvalue weighted by Crippen LogP contribution is -2.32. The molecule has 1 aromatic heterocycles. The predicted octanol–water partition coefficient (Wildman–Crippen LogP) is 0.702. The summed E-state index contributed by atoms with van der Waals surface area (Å²) in [6, 6.07) is 1.94. The van der Waals surface area contributed by atoms with Crippen molar-refractivity contribution >= 4 is 12.4 Å². The van der Waals surface area contributed by atoms with E-state index in [2.05, 4.69) is 27.1 Å². The number of nitrogens with zero attached hydrogens (tertiary/aromatic N) is 2. The van der Waals surface area contributed by atoms with Gasteiger partial charge in [-0.2, -0.15) is 0 Å². The van der Waals surface area contributed by atoms with Crippen LogP contribution in [0.3, 0.4) is 0 Å². The number of amides is 1. The van der Waals surface area contributed by atoms with Gasteiger partial charge in [0.05, 0.1) is 0 Å². The maximum atomic E-state index is 11.9. The van der Waals surface area contributed by atoms with E-state index < -0.39 is 0 Å². The average molecular weight is 352 g/mol. The first-order valence-electron chi connectivity index (χ1n) is 8.61. The topological polar surface area (TPSA) is 115 Å². The quantitative estimate of drug-likeness (QED) is 0.622. The van der Waals surface area contributed by atoms with Gasteiger partial charge in [-0.15, -0.1) is 0 Å². The van der Waals surface area contributed by atoms with E-state index in [0.29, 0.717) is 36.9 Å². The maximum absolute atomic E-state index is 11.9. The van der Waals surface area contributed by atoms with Crippen LogP contribution < -0.4 is 10.9 Å². The second-order valence-corrected chi connectivity index (χ2v) is 6.17. The number of hydrogen-bond acceptors (Lipinski definition) is 5. The third kappa shape index (κ3) is 8.44. The molecule has 0 bridgehead atoms. The standard InChI is InChI=1S/C16H26N4O2.CH2O2/c1-12-11-16(22)19-14(18-12)7-8-17-15(21)6-5-13(2)20-9-3-4-10-20;2-1-3/h11,13H,3-10H2,1-2H3,(H,17,21)(H,18,19,22);1H,(H,2,3). The molecule has 0 radical (unpaired) electrons. The van der Waals surface area contributed by atoms with Crippen molar-refractivity contribution in [3.8, 4) is 0 Å². The van der Waals surface area contributed by atoms with Crippen LogP contribution in [0.1, 0.15) is 44.1 Å². The van der Waals surface area contributed by atoms with E-state index in [9.17, 15) is 9.59 Å². The zero-order valence-electron chi connectivity index (χ0n) is 15.0. The summed E-state index contributed by atoms with van der Waals surface area (Å²) in [7, 11) is 0. The summed E-state index contributed by atoms with van der Waals surface area (Å²) < 4.78 is 0. The Balaban J connectivity index is 0.000000970. The van der Waals surface area contributed by atoms with Gasteiger partial charge < -0.3 is 20.3 Å². The fraction of sp³-hybridized carbons (Fsp3) is 0.647. The van der Waals surface area contributed by atoms with Crippen LogP contribution in [0.5, 0.6) is 0 Å². The summed E-state index contributed by atoms with van der Waals surface area (Å²) in [5.74, 6) is 0.691. The van der Waals surface area contributed by atoms with Gasteiger partial charge in [0, 0.05) is 37.2 Å². The lowest BCUT2D eigenvalue weighted by Gasteiger charge is -2.23. The molecule has 1 aliphatic heterocycles. The molecule has 0 saturated carbocycles. The monoisotopic (exact) mass is 352 g/mol. The fourth-order valence-electron chi connectivity index (χ4n) is 2.87. The van der Waals surface area contributed by atoms with Crippen molar-refractivity contribution < 1.29 is 14.7 Å². The Bertz CT molecular complexity index is 597. The van der Waals surface area contributed by atoms with Gasteiger partial charge in [0.1, 0.15) is 5.82 Å². The number of nitrogens with one attached hydrogen (secondary N) is 2. The van der Waals surface area contributed by atoms with E-state index in [1.165, 1.54) is 18.9 Å². The molecule has 0 aromatic carbocycles. The van der Waals surface area contributed by atoms with Crippen LogP contribution in [0.4, 0.5) is 0 Å². The minimum absolute atomic E-state index is 0.0704. The maximum Gasteiger partial charge on any atom is 0.290 e. The number of carboxylic acid groups (broad SMARTS) is 1. The van der Waals surface area contributed by atoms with E-state index in [1.807, 2.05) is 0 Å². The molecule has 2 heterocycles. The van der Waals surface area contributed by atoms with Crippen molar-refractivity contribution in [2.75, 3.05) is 19.6 Å². The first-order chi connectivity index (χ1) is 12.0. The highest BCUT2D eigenvalue weighted by Crippen LogP contribution is 2.14. The lowest BCUT2D eigenvalue weighted by atomic mass is 10.1. The zero-order valence-corrected chi connectivity index (χ0v) is 15.0. The smallest absolute Gasteiger partial charge is 0.290 e. The van der Waals surface area contributed by atoms with Crippen LogP contribution in [0, 0.1) is 6.92 Å². The molecule has 25 heavy (non-hydrogen) atoms. The van der Waals surface area contributed by atoms with E-state index in [-0.39, 0.29) is 17.9 Å². The zero-order chi connectivity index (χ0) is 18.7. The van der Waals surface area contributed by atoms with E-state index in [4.69, 9.17) is 9.90 Å². The molecule has 1 saturated heterocycles. The minimum Gasteiger partial charge on any atom is -0.483 e. The minimum atomic E-state index is -0.250. The average Bonchev–Trinajstić information content (AvgIpc) is 3.07. The number of aromatic amines is 1. The van der Waals surface area contributed by atoms with Gasteiger partial charge in [0.2, 0.25) is 5.91 Å². The third-order valence-electron chi connectivity index (χ3n) is 4.16. The predicted molar refractivity (Wildman–Crippen MR) is 94.5 cm³/mol. The molecular weight excluding hydrogens is 324 g/mol. The summed E-state index contributed by atoms with van der Waals surface area (Å²) >= 11 is 0. The number of carbonyl (C=O) groups excluding carboxylic acids is 1. The molecule has 0 spiro atoms. The number of aromatic nitrogens is 2. The van der Waals surface area contributed by atoms with Crippen molar-refractivity contribution in [3.63, 3.8) is 0 Å². The molecule has 1 amide bonds. The Hall–Kier alpha value is -2.22. The Morgan fingerprint density at radius 2 is 2.12 bits per heavy atom. The van der Waals surface area contributed by atoms with Gasteiger partial charge in [-0.25, -0.2) is 4.98 Å². The van der Waals surface area contributed by atoms with Gasteiger partial charge >= 0.3 is 0 Å². The molecule has 1 unspecified atom stereocenters. The second kappa shape index (κ2) is 11.4. The number of H-pyrrole nitrogens is 1. The molecule has 3 N–H and O–H groups in total. The van der Waals surface area contributed by atoms with Crippen LogP contribution in [0.15, 0.2) is 10.9 Å². The Kier molecular flexibility index (Phi) is 9.46. The van der Waals surface area contributed by atoms with Crippen molar-refractivity contribution in [2.45, 2.75) is 52.0 Å². The van der Waals surface area contributed by atoms with Crippen LogP contribution >= 0.6 is 0 Å². The Morgan fingerprint density at radius 1 is 1.48 bits per heavy atom. The lowest BCUT2D eigenvalue weighted by molar-refractivity contribution is -0.123.